The summed E-state index contributed by atoms with van der Waals surface area (Å²) < 4.78 is 10.7. The lowest BCUT2D eigenvalue weighted by Gasteiger charge is -2.60. The maximum Gasteiger partial charge on any atom is 0.236 e. The van der Waals surface area contributed by atoms with Crippen LogP contribution in [-0.4, -0.2) is 103 Å². The molecule has 0 aromatic heterocycles. The van der Waals surface area contributed by atoms with E-state index in [0.717, 1.165) is 0 Å². The van der Waals surface area contributed by atoms with Crippen LogP contribution in [0.4, 0.5) is 0 Å². The number of ether oxygens (including phenoxy) is 2. The average molecular weight is 564 g/mol. The van der Waals surface area contributed by atoms with Crippen molar-refractivity contribution in [3.8, 4) is 6.07 Å². The van der Waals surface area contributed by atoms with Gasteiger partial charge in [-0.25, -0.2) is 0 Å². The van der Waals surface area contributed by atoms with E-state index in [-0.39, 0.29) is 70.3 Å². The largest absolute Gasteiger partial charge is 0.492 e. The lowest BCUT2D eigenvalue weighted by molar-refractivity contribution is -0.126. The topological polar surface area (TPSA) is 172 Å². The quantitative estimate of drug-likeness (QED) is 0.417. The van der Waals surface area contributed by atoms with Crippen molar-refractivity contribution in [3.63, 3.8) is 0 Å². The van der Waals surface area contributed by atoms with E-state index < -0.39 is 53.7 Å². The Morgan fingerprint density at radius 3 is 2.00 bits per heavy atom. The molecule has 1 saturated heterocycles. The molecule has 5 rings (SSSR count). The number of carbonyl (C=O) groups is 5. The zero-order valence-electron chi connectivity index (χ0n) is 23.9. The zero-order valence-corrected chi connectivity index (χ0v) is 23.9. The van der Waals surface area contributed by atoms with Crippen LogP contribution >= 0.6 is 0 Å². The third-order valence-corrected chi connectivity index (χ3v) is 9.10. The number of nitrogens with one attached hydrogen (secondary N) is 1. The van der Waals surface area contributed by atoms with Crippen molar-refractivity contribution in [2.45, 2.75) is 69.9 Å². The number of Topliss-reactive ketones (excluding diaryl/α,β-unsaturated/α-hetero) is 4. The average Bonchev–Trinajstić information content (AvgIpc) is 2.93. The molecule has 1 amide bonds. The molecule has 3 aliphatic heterocycles. The summed E-state index contributed by atoms with van der Waals surface area (Å²) in [5.74, 6) is -2.14. The Balaban J connectivity index is 1.71. The molecule has 12 heteroatoms. The first-order chi connectivity index (χ1) is 19.4. The van der Waals surface area contributed by atoms with Crippen molar-refractivity contribution in [1.82, 2.24) is 15.1 Å². The highest BCUT2D eigenvalue weighted by molar-refractivity contribution is 6.26. The fourth-order valence-electron chi connectivity index (χ4n) is 7.17. The van der Waals surface area contributed by atoms with Gasteiger partial charge in [0, 0.05) is 52.1 Å². The van der Waals surface area contributed by atoms with Gasteiger partial charge in [-0.05, 0) is 40.7 Å². The Morgan fingerprint density at radius 2 is 1.49 bits per heavy atom. The Morgan fingerprint density at radius 1 is 0.976 bits per heavy atom. The number of nitriles is 1. The van der Waals surface area contributed by atoms with Crippen LogP contribution < -0.4 is 11.1 Å². The molecule has 2 bridgehead atoms. The minimum absolute atomic E-state index is 0.0292. The van der Waals surface area contributed by atoms with Crippen LogP contribution in [-0.2, 0) is 33.4 Å². The van der Waals surface area contributed by atoms with Crippen molar-refractivity contribution in [2.24, 2.45) is 5.73 Å². The lowest BCUT2D eigenvalue weighted by atomic mass is 9.67. The van der Waals surface area contributed by atoms with E-state index in [2.05, 4.69) is 11.4 Å². The number of likely N-dealkylation sites (N-methyl/N-ethyl adjacent to an activating group) is 1. The number of carbonyl (C=O) groups excluding carboxylic acids is 5. The summed E-state index contributed by atoms with van der Waals surface area (Å²) in [6, 6.07) is -2.02. The smallest absolute Gasteiger partial charge is 0.236 e. The summed E-state index contributed by atoms with van der Waals surface area (Å²) in [4.78, 5) is 71.0. The second-order valence-electron chi connectivity index (χ2n) is 11.1. The van der Waals surface area contributed by atoms with Crippen molar-refractivity contribution in [1.29, 1.82) is 5.26 Å². The second kappa shape index (κ2) is 10.2. The van der Waals surface area contributed by atoms with Crippen LogP contribution in [0.25, 0.3) is 0 Å². The van der Waals surface area contributed by atoms with Gasteiger partial charge in [-0.1, -0.05) is 0 Å². The van der Waals surface area contributed by atoms with Gasteiger partial charge in [-0.2, -0.15) is 5.26 Å². The molecule has 41 heavy (non-hydrogen) atoms. The third kappa shape index (κ3) is 3.94. The van der Waals surface area contributed by atoms with E-state index in [4.69, 9.17) is 15.2 Å². The number of hydrogen-bond donors (Lipinski definition) is 2. The second-order valence-corrected chi connectivity index (χ2v) is 11.1. The number of piperazine rings is 1. The van der Waals surface area contributed by atoms with E-state index in [1.807, 2.05) is 9.80 Å². The van der Waals surface area contributed by atoms with Gasteiger partial charge in [0.25, 0.3) is 0 Å². The van der Waals surface area contributed by atoms with Crippen LogP contribution in [0.15, 0.2) is 45.0 Å². The van der Waals surface area contributed by atoms with Gasteiger partial charge >= 0.3 is 0 Å². The molecule has 0 radical (unpaired) electrons. The van der Waals surface area contributed by atoms with Gasteiger partial charge < -0.3 is 20.5 Å². The van der Waals surface area contributed by atoms with Crippen LogP contribution in [0.5, 0.6) is 0 Å². The molecular weight excluding hydrogens is 530 g/mol. The predicted octanol–water partition coefficient (Wildman–Crippen LogP) is -0.391. The van der Waals surface area contributed by atoms with Crippen LogP contribution in [0, 0.1) is 11.3 Å². The molecule has 3 N–H and O–H groups in total. The fraction of sp³-hybridized carbons (Fsp3) is 0.517. The fourth-order valence-corrected chi connectivity index (χ4v) is 7.17. The van der Waals surface area contributed by atoms with Crippen molar-refractivity contribution in [3.05, 3.63) is 45.0 Å². The van der Waals surface area contributed by atoms with Gasteiger partial charge in [0.05, 0.1) is 38.4 Å². The molecular formula is C29H33N5O7. The first-order valence-corrected chi connectivity index (χ1v) is 13.5. The highest BCUT2D eigenvalue weighted by Gasteiger charge is 2.59. The van der Waals surface area contributed by atoms with Crippen LogP contribution in [0.1, 0.15) is 33.6 Å². The zero-order chi connectivity index (χ0) is 30.1. The molecule has 6 unspecified atom stereocenters. The van der Waals surface area contributed by atoms with Crippen molar-refractivity contribution in [2.75, 3.05) is 27.8 Å². The Bertz CT molecular complexity index is 1480. The number of nitrogens with zero attached hydrogens (tertiary/aromatic N) is 3. The van der Waals surface area contributed by atoms with Gasteiger partial charge in [0.2, 0.25) is 17.5 Å². The summed E-state index contributed by atoms with van der Waals surface area (Å²) in [6.07, 6.45) is 0.192. The molecule has 0 spiro atoms. The molecule has 0 saturated carbocycles. The number of ketones is 4. The minimum Gasteiger partial charge on any atom is -0.492 e. The van der Waals surface area contributed by atoms with Gasteiger partial charge in [0.15, 0.2) is 23.1 Å². The molecule has 0 aromatic rings. The third-order valence-electron chi connectivity index (χ3n) is 9.10. The summed E-state index contributed by atoms with van der Waals surface area (Å²) in [6.45, 7) is 4.49. The lowest BCUT2D eigenvalue weighted by Crippen LogP contribution is -2.74. The number of rotatable bonds is 5. The standard InChI is InChI=1S/C29H33N5O7/c1-11-23(35)14-8-17-22-21-15(24(36)12(2)28(41-6)26(21)38)7-16(33(22)4)18(9-30)34(17)19(10-32-29(39)13(3)31)20(14)25(37)27(11)40-5/h13,16-19,22H,7-8,10,31H2,1-6H3,(H,32,39). The molecule has 2 aliphatic carbocycles. The molecule has 1 fully saturated rings. The van der Waals surface area contributed by atoms with E-state index in [1.165, 1.54) is 28.1 Å². The maximum absolute atomic E-state index is 13.8. The monoisotopic (exact) mass is 563 g/mol. The van der Waals surface area contributed by atoms with E-state index in [1.54, 1.807) is 14.0 Å². The van der Waals surface area contributed by atoms with Crippen molar-refractivity contribution < 1.29 is 33.4 Å². The number of methoxy groups -OCH3 is 2. The Labute approximate surface area is 237 Å². The van der Waals surface area contributed by atoms with Gasteiger partial charge in [-0.15, -0.1) is 0 Å². The van der Waals surface area contributed by atoms with Crippen LogP contribution in [0.3, 0.4) is 0 Å². The number of nitrogens with two attached hydrogens (primary N) is 1. The summed E-state index contributed by atoms with van der Waals surface area (Å²) in [5.41, 5.74) is 7.20. The van der Waals surface area contributed by atoms with Crippen LogP contribution in [0.2, 0.25) is 0 Å². The normalized spacial score (nSPS) is 31.0. The molecule has 12 nitrogen and oxygen atoms in total. The minimum atomic E-state index is -0.889. The SMILES string of the molecule is COC1=C(C)C(=O)C2=C(C1=O)C1C3CC4=C(C(=O)C(OC)=C(C)C4=O)C(CNC(=O)C(C)N)N3C(C#N)C(C2)N1C. The van der Waals surface area contributed by atoms with E-state index >= 15 is 0 Å². The van der Waals surface area contributed by atoms with Crippen molar-refractivity contribution >= 4 is 29.0 Å². The molecule has 5 aliphatic rings. The highest BCUT2D eigenvalue weighted by atomic mass is 16.5. The first kappa shape index (κ1) is 28.6. The molecule has 6 atom stereocenters. The highest BCUT2D eigenvalue weighted by Crippen LogP contribution is 2.48. The predicted molar refractivity (Wildman–Crippen MR) is 144 cm³/mol. The number of amides is 1. The number of fused-ring (bicyclic) bond motifs is 5. The Hall–Kier alpha value is -3.92. The maximum atomic E-state index is 13.8. The summed E-state index contributed by atoms with van der Waals surface area (Å²) in [5, 5.41) is 13.3. The number of hydrogen-bond acceptors (Lipinski definition) is 11. The first-order valence-electron chi connectivity index (χ1n) is 13.5. The Kier molecular flexibility index (Phi) is 7.09. The molecule has 3 heterocycles. The van der Waals surface area contributed by atoms with E-state index in [9.17, 15) is 29.2 Å². The molecule has 216 valence electrons. The summed E-state index contributed by atoms with van der Waals surface area (Å²) in [7, 11) is 4.46. The van der Waals surface area contributed by atoms with Gasteiger partial charge in [0.1, 0.15) is 6.04 Å². The number of allylic oxidation sites excluding steroid dienone is 4. The molecule has 0 aromatic carbocycles. The van der Waals surface area contributed by atoms with E-state index in [0.29, 0.717) is 5.57 Å². The summed E-state index contributed by atoms with van der Waals surface area (Å²) >= 11 is 0. The van der Waals surface area contributed by atoms with Gasteiger partial charge in [-0.3, -0.25) is 33.8 Å².